The van der Waals surface area contributed by atoms with Gasteiger partial charge in [0.15, 0.2) is 5.65 Å². The number of likely N-dealkylation sites (N-methyl/N-ethyl adjacent to an activating group) is 1. The molecule has 108 valence electrons. The van der Waals surface area contributed by atoms with E-state index in [0.29, 0.717) is 17.6 Å². The number of rotatable bonds is 2. The number of H-pyrrole nitrogens is 1. The molecule has 1 fully saturated rings. The van der Waals surface area contributed by atoms with E-state index in [4.69, 9.17) is 5.73 Å². The summed E-state index contributed by atoms with van der Waals surface area (Å²) >= 11 is 0. The third-order valence-corrected chi connectivity index (χ3v) is 3.95. The van der Waals surface area contributed by atoms with Crippen molar-refractivity contribution in [2.45, 2.75) is 25.8 Å². The van der Waals surface area contributed by atoms with E-state index in [0.717, 1.165) is 43.7 Å². The van der Waals surface area contributed by atoms with Crippen molar-refractivity contribution in [2.75, 3.05) is 37.3 Å². The second-order valence-electron chi connectivity index (χ2n) is 5.41. The summed E-state index contributed by atoms with van der Waals surface area (Å²) in [4.78, 5) is 13.4. The maximum Gasteiger partial charge on any atom is 0.224 e. The summed E-state index contributed by atoms with van der Waals surface area (Å²) in [5.74, 6) is 1.20. The van der Waals surface area contributed by atoms with Crippen molar-refractivity contribution in [1.82, 2.24) is 25.1 Å². The summed E-state index contributed by atoms with van der Waals surface area (Å²) in [5.41, 5.74) is 6.55. The summed E-state index contributed by atoms with van der Waals surface area (Å²) in [6, 6.07) is 0.440. The zero-order valence-corrected chi connectivity index (χ0v) is 12.0. The average molecular weight is 275 g/mol. The van der Waals surface area contributed by atoms with Gasteiger partial charge >= 0.3 is 0 Å². The van der Waals surface area contributed by atoms with Crippen molar-refractivity contribution in [3.05, 3.63) is 6.20 Å². The monoisotopic (exact) mass is 275 g/mol. The van der Waals surface area contributed by atoms with E-state index in [2.05, 4.69) is 43.9 Å². The van der Waals surface area contributed by atoms with E-state index in [-0.39, 0.29) is 0 Å². The molecule has 0 aromatic carbocycles. The van der Waals surface area contributed by atoms with Crippen LogP contribution in [-0.2, 0) is 0 Å². The van der Waals surface area contributed by atoms with Gasteiger partial charge in [-0.2, -0.15) is 15.1 Å². The molecule has 2 aromatic rings. The molecule has 0 saturated carbocycles. The molecular weight excluding hydrogens is 254 g/mol. The Kier molecular flexibility index (Phi) is 3.43. The number of hydrogen-bond acceptors (Lipinski definition) is 6. The van der Waals surface area contributed by atoms with Crippen molar-refractivity contribution in [2.24, 2.45) is 0 Å². The molecule has 7 heteroatoms. The highest BCUT2D eigenvalue weighted by Crippen LogP contribution is 2.27. The molecule has 3 heterocycles. The number of anilines is 2. The Bertz CT molecular complexity index is 593. The van der Waals surface area contributed by atoms with Crippen LogP contribution in [0.25, 0.3) is 11.0 Å². The summed E-state index contributed by atoms with van der Waals surface area (Å²) < 4.78 is 0. The zero-order valence-electron chi connectivity index (χ0n) is 12.0. The summed E-state index contributed by atoms with van der Waals surface area (Å²) in [5, 5.41) is 7.89. The van der Waals surface area contributed by atoms with Gasteiger partial charge in [0.2, 0.25) is 5.95 Å². The number of fused-ring (bicyclic) bond motifs is 1. The molecule has 3 rings (SSSR count). The molecule has 1 atom stereocenters. The molecule has 1 unspecified atom stereocenters. The summed E-state index contributed by atoms with van der Waals surface area (Å²) in [6.45, 7) is 5.36. The minimum atomic E-state index is 0.296. The minimum absolute atomic E-state index is 0.296. The Hall–Kier alpha value is -1.89. The summed E-state index contributed by atoms with van der Waals surface area (Å²) in [7, 11) is 2.17. The van der Waals surface area contributed by atoms with Crippen LogP contribution >= 0.6 is 0 Å². The first kappa shape index (κ1) is 13.1. The van der Waals surface area contributed by atoms with Crippen LogP contribution in [0.2, 0.25) is 0 Å². The number of hydrogen-bond donors (Lipinski definition) is 2. The zero-order chi connectivity index (χ0) is 14.1. The highest BCUT2D eigenvalue weighted by molar-refractivity contribution is 5.87. The summed E-state index contributed by atoms with van der Waals surface area (Å²) in [6.07, 6.45) is 3.98. The lowest BCUT2D eigenvalue weighted by Crippen LogP contribution is -2.40. The normalized spacial score (nSPS) is 21.3. The van der Waals surface area contributed by atoms with E-state index >= 15 is 0 Å². The Balaban J connectivity index is 2.05. The lowest BCUT2D eigenvalue weighted by molar-refractivity contribution is 0.328. The average Bonchev–Trinajstić information content (AvgIpc) is 2.80. The second kappa shape index (κ2) is 5.24. The van der Waals surface area contributed by atoms with Gasteiger partial charge in [-0.05, 0) is 26.4 Å². The molecule has 3 N–H and O–H groups in total. The smallest absolute Gasteiger partial charge is 0.224 e. The van der Waals surface area contributed by atoms with Crippen LogP contribution in [-0.4, -0.2) is 57.8 Å². The van der Waals surface area contributed by atoms with Gasteiger partial charge in [0.05, 0.1) is 11.6 Å². The Morgan fingerprint density at radius 2 is 2.25 bits per heavy atom. The predicted molar refractivity (Wildman–Crippen MR) is 79.6 cm³/mol. The van der Waals surface area contributed by atoms with Crippen molar-refractivity contribution < 1.29 is 0 Å². The molecule has 0 radical (unpaired) electrons. The molecule has 0 bridgehead atoms. The van der Waals surface area contributed by atoms with Crippen LogP contribution < -0.4 is 10.6 Å². The first-order valence-corrected chi connectivity index (χ1v) is 7.10. The van der Waals surface area contributed by atoms with Gasteiger partial charge in [0.25, 0.3) is 0 Å². The van der Waals surface area contributed by atoms with Crippen molar-refractivity contribution in [1.29, 1.82) is 0 Å². The topological polar surface area (TPSA) is 87.0 Å². The molecule has 0 amide bonds. The molecule has 0 spiro atoms. The first-order chi connectivity index (χ1) is 9.69. The predicted octanol–water partition coefficient (Wildman–Crippen LogP) is 0.856. The van der Waals surface area contributed by atoms with Gasteiger partial charge in [0.1, 0.15) is 5.82 Å². The van der Waals surface area contributed by atoms with E-state index in [1.54, 1.807) is 6.20 Å². The maximum absolute atomic E-state index is 5.84. The van der Waals surface area contributed by atoms with Gasteiger partial charge in [-0.3, -0.25) is 5.10 Å². The van der Waals surface area contributed by atoms with Crippen molar-refractivity contribution in [3.63, 3.8) is 0 Å². The van der Waals surface area contributed by atoms with E-state index in [1.807, 2.05) is 0 Å². The molecule has 7 nitrogen and oxygen atoms in total. The maximum atomic E-state index is 5.84. The molecule has 1 aliphatic rings. The van der Waals surface area contributed by atoms with Crippen LogP contribution in [0.1, 0.15) is 19.8 Å². The molecule has 20 heavy (non-hydrogen) atoms. The minimum Gasteiger partial charge on any atom is -0.368 e. The van der Waals surface area contributed by atoms with Crippen LogP contribution in [0.3, 0.4) is 0 Å². The van der Waals surface area contributed by atoms with Gasteiger partial charge in [-0.1, -0.05) is 6.92 Å². The highest BCUT2D eigenvalue weighted by Gasteiger charge is 2.25. The SMILES string of the molecule is CCC1CN(C)CCCN1c1nc(N)nc2[nH]ncc12. The standard InChI is InChI=1S/C13H21N7/c1-3-9-8-19(2)5-4-6-20(9)12-10-7-15-18-11(10)16-13(14)17-12/h7,9H,3-6,8H2,1-2H3,(H3,14,15,16,17,18). The fourth-order valence-electron chi connectivity index (χ4n) is 2.93. The Morgan fingerprint density at radius 1 is 1.40 bits per heavy atom. The molecular formula is C13H21N7. The number of nitrogens with one attached hydrogen (secondary N) is 1. The van der Waals surface area contributed by atoms with Crippen LogP contribution in [0.15, 0.2) is 6.20 Å². The number of aromatic amines is 1. The quantitative estimate of drug-likeness (QED) is 0.845. The Morgan fingerprint density at radius 3 is 3.05 bits per heavy atom. The number of nitrogen functional groups attached to an aromatic ring is 1. The van der Waals surface area contributed by atoms with E-state index < -0.39 is 0 Å². The van der Waals surface area contributed by atoms with Crippen molar-refractivity contribution >= 4 is 22.8 Å². The van der Waals surface area contributed by atoms with Gasteiger partial charge in [-0.15, -0.1) is 0 Å². The number of aromatic nitrogens is 4. The third kappa shape index (κ3) is 2.29. The van der Waals surface area contributed by atoms with Crippen LogP contribution in [0, 0.1) is 0 Å². The highest BCUT2D eigenvalue weighted by atomic mass is 15.3. The first-order valence-electron chi connectivity index (χ1n) is 7.10. The Labute approximate surface area is 118 Å². The lowest BCUT2D eigenvalue weighted by Gasteiger charge is -2.31. The van der Waals surface area contributed by atoms with Crippen molar-refractivity contribution in [3.8, 4) is 0 Å². The van der Waals surface area contributed by atoms with Gasteiger partial charge < -0.3 is 15.5 Å². The number of nitrogens with two attached hydrogens (primary N) is 1. The van der Waals surface area contributed by atoms with Gasteiger partial charge in [0, 0.05) is 19.1 Å². The van der Waals surface area contributed by atoms with E-state index in [9.17, 15) is 0 Å². The van der Waals surface area contributed by atoms with Crippen LogP contribution in [0.4, 0.5) is 11.8 Å². The molecule has 0 aliphatic carbocycles. The lowest BCUT2D eigenvalue weighted by atomic mass is 10.1. The second-order valence-corrected chi connectivity index (χ2v) is 5.41. The largest absolute Gasteiger partial charge is 0.368 e. The molecule has 1 aliphatic heterocycles. The fraction of sp³-hybridized carbons (Fsp3) is 0.615. The fourth-order valence-corrected chi connectivity index (χ4v) is 2.93. The third-order valence-electron chi connectivity index (χ3n) is 3.95. The van der Waals surface area contributed by atoms with Gasteiger partial charge in [-0.25, -0.2) is 0 Å². The molecule has 1 saturated heterocycles. The molecule has 2 aromatic heterocycles. The number of nitrogens with zero attached hydrogens (tertiary/aromatic N) is 5. The van der Waals surface area contributed by atoms with E-state index in [1.165, 1.54) is 0 Å². The van der Waals surface area contributed by atoms with Crippen LogP contribution in [0.5, 0.6) is 0 Å².